The molecular formula is C36H54F3N4O8+. The van der Waals surface area contributed by atoms with Crippen LogP contribution in [0.2, 0.25) is 0 Å². The fraction of sp³-hybridized carbons (Fsp3) is 0.694. The molecule has 51 heavy (non-hydrogen) atoms. The van der Waals surface area contributed by atoms with E-state index >= 15 is 0 Å². The predicted octanol–water partition coefficient (Wildman–Crippen LogP) is 5.28. The third-order valence-electron chi connectivity index (χ3n) is 8.96. The van der Waals surface area contributed by atoms with E-state index in [1.54, 1.807) is 55.4 Å². The number of nitrogens with two attached hydrogens (primary N) is 1. The number of hydrogen-bond acceptors (Lipinski definition) is 9. The van der Waals surface area contributed by atoms with E-state index in [0.717, 1.165) is 12.8 Å². The number of nitrogens with zero attached hydrogens (tertiary/aromatic N) is 2. The lowest BCUT2D eigenvalue weighted by atomic mass is 9.97. The van der Waals surface area contributed by atoms with Gasteiger partial charge in [0.1, 0.15) is 35.6 Å². The molecule has 0 spiro atoms. The van der Waals surface area contributed by atoms with Gasteiger partial charge in [-0.05, 0) is 99.1 Å². The molecule has 2 fully saturated rings. The number of ether oxygens (including phenoxy) is 3. The van der Waals surface area contributed by atoms with E-state index in [0.29, 0.717) is 18.4 Å². The third kappa shape index (κ3) is 10.3. The number of amides is 4. The molecule has 286 valence electrons. The Morgan fingerprint density at radius 2 is 1.61 bits per heavy atom. The molecule has 1 aliphatic heterocycles. The average molecular weight is 728 g/mol. The van der Waals surface area contributed by atoms with Crippen molar-refractivity contribution in [2.75, 3.05) is 13.2 Å². The van der Waals surface area contributed by atoms with Gasteiger partial charge in [0.05, 0.1) is 6.04 Å². The van der Waals surface area contributed by atoms with Crippen LogP contribution in [0.3, 0.4) is 0 Å². The van der Waals surface area contributed by atoms with Gasteiger partial charge < -0.3 is 25.3 Å². The van der Waals surface area contributed by atoms with Crippen molar-refractivity contribution in [1.29, 1.82) is 0 Å². The molecule has 1 heterocycles. The number of alkyl carbamates (subject to hydrolysis) is 1. The standard InChI is InChI=1S/C36H53F3N4O8/c1-10-49-36(20-44,18-23-11-12-23)42(26-13-21(2)43(19-26,31(46)22(3)40)33(48)51-35(7,8)9)30(45)16-25(41-32(47)50-34(4,5)6)14-24-15-28(38)29(39)17-27(24)37/h15,17,20-23,25-26H,10-14,16,18-19,40H2,1-9H3/p+1/t21?,22?,25-,26+,36+,43?/m1/s1. The first kappa shape index (κ1) is 41.9. The second-order valence-electron chi connectivity index (χ2n) is 15.8. The third-order valence-corrected chi connectivity index (χ3v) is 8.96. The summed E-state index contributed by atoms with van der Waals surface area (Å²) in [6.07, 6.45) is -0.584. The molecule has 3 N–H and O–H groups in total. The molecule has 15 heteroatoms. The van der Waals surface area contributed by atoms with Gasteiger partial charge in [0, 0.05) is 38.0 Å². The fourth-order valence-electron chi connectivity index (χ4n) is 6.72. The maximum Gasteiger partial charge on any atom is 0.524 e. The number of halogens is 3. The highest BCUT2D eigenvalue weighted by atomic mass is 19.2. The summed E-state index contributed by atoms with van der Waals surface area (Å²) in [5, 5.41) is 2.55. The lowest BCUT2D eigenvalue weighted by molar-refractivity contribution is -0.795. The van der Waals surface area contributed by atoms with Crippen LogP contribution in [-0.2, 0) is 35.0 Å². The summed E-state index contributed by atoms with van der Waals surface area (Å²) in [5.74, 6) is -5.18. The van der Waals surface area contributed by atoms with Crippen molar-refractivity contribution in [1.82, 2.24) is 10.2 Å². The average Bonchev–Trinajstić information content (AvgIpc) is 3.72. The molecule has 3 unspecified atom stereocenters. The summed E-state index contributed by atoms with van der Waals surface area (Å²) in [5.41, 5.74) is 1.97. The molecule has 4 amide bonds. The maximum atomic E-state index is 14.9. The Hall–Kier alpha value is -3.56. The van der Waals surface area contributed by atoms with E-state index in [1.165, 1.54) is 11.8 Å². The molecule has 1 aromatic rings. The fourth-order valence-corrected chi connectivity index (χ4v) is 6.72. The highest BCUT2D eigenvalue weighted by Gasteiger charge is 2.62. The second-order valence-corrected chi connectivity index (χ2v) is 15.8. The van der Waals surface area contributed by atoms with Crippen LogP contribution < -0.4 is 11.1 Å². The predicted molar refractivity (Wildman–Crippen MR) is 180 cm³/mol. The van der Waals surface area contributed by atoms with E-state index in [4.69, 9.17) is 19.9 Å². The van der Waals surface area contributed by atoms with Crippen molar-refractivity contribution in [3.63, 3.8) is 0 Å². The topological polar surface area (TPSA) is 154 Å². The van der Waals surface area contributed by atoms with Crippen LogP contribution in [0.25, 0.3) is 0 Å². The molecule has 1 aromatic carbocycles. The minimum absolute atomic E-state index is 0.0159. The molecule has 1 saturated carbocycles. The first-order valence-electron chi connectivity index (χ1n) is 17.4. The normalized spacial score (nSPS) is 23.1. The lowest BCUT2D eigenvalue weighted by Crippen LogP contribution is -2.66. The Balaban J connectivity index is 2.15. The highest BCUT2D eigenvalue weighted by molar-refractivity contribution is 5.86. The van der Waals surface area contributed by atoms with Gasteiger partial charge in [-0.25, -0.2) is 22.8 Å². The monoisotopic (exact) mass is 727 g/mol. The first-order valence-corrected chi connectivity index (χ1v) is 17.4. The Labute approximate surface area is 298 Å². The largest absolute Gasteiger partial charge is 0.524 e. The van der Waals surface area contributed by atoms with E-state index in [-0.39, 0.29) is 37.5 Å². The van der Waals surface area contributed by atoms with Crippen LogP contribution in [0.15, 0.2) is 12.1 Å². The van der Waals surface area contributed by atoms with Crippen molar-refractivity contribution < 1.29 is 55.8 Å². The summed E-state index contributed by atoms with van der Waals surface area (Å²) < 4.78 is 59.3. The van der Waals surface area contributed by atoms with Gasteiger partial charge in [0.25, 0.3) is 0 Å². The number of nitrogens with one attached hydrogen (secondary N) is 1. The molecule has 0 bridgehead atoms. The maximum absolute atomic E-state index is 14.9. The summed E-state index contributed by atoms with van der Waals surface area (Å²) in [7, 11) is 0. The molecular weight excluding hydrogens is 673 g/mol. The Kier molecular flexibility index (Phi) is 13.1. The quantitative estimate of drug-likeness (QED) is 0.120. The van der Waals surface area contributed by atoms with Crippen LogP contribution in [-0.4, -0.2) is 93.9 Å². The van der Waals surface area contributed by atoms with Gasteiger partial charge in [0.2, 0.25) is 11.6 Å². The minimum atomic E-state index is -1.84. The van der Waals surface area contributed by atoms with Gasteiger partial charge in [-0.3, -0.25) is 14.5 Å². The van der Waals surface area contributed by atoms with Crippen molar-refractivity contribution in [3.8, 4) is 0 Å². The summed E-state index contributed by atoms with van der Waals surface area (Å²) >= 11 is 0. The van der Waals surface area contributed by atoms with Gasteiger partial charge in [-0.1, -0.05) is 0 Å². The van der Waals surface area contributed by atoms with Gasteiger partial charge in [0.15, 0.2) is 17.9 Å². The van der Waals surface area contributed by atoms with Crippen LogP contribution in [0.5, 0.6) is 0 Å². The van der Waals surface area contributed by atoms with Gasteiger partial charge >= 0.3 is 18.1 Å². The van der Waals surface area contributed by atoms with Crippen molar-refractivity contribution >= 4 is 30.3 Å². The van der Waals surface area contributed by atoms with Crippen molar-refractivity contribution in [2.45, 2.75) is 142 Å². The zero-order valence-corrected chi connectivity index (χ0v) is 31.1. The number of quaternary nitrogens is 1. The molecule has 6 atom stereocenters. The summed E-state index contributed by atoms with van der Waals surface area (Å²) in [6, 6.07) is -3.04. The number of benzene rings is 1. The van der Waals surface area contributed by atoms with E-state index in [9.17, 15) is 37.1 Å². The highest BCUT2D eigenvalue weighted by Crippen LogP contribution is 2.43. The Bertz CT molecular complexity index is 1480. The van der Waals surface area contributed by atoms with Crippen molar-refractivity contribution in [2.24, 2.45) is 11.7 Å². The zero-order valence-electron chi connectivity index (χ0n) is 31.1. The minimum Gasteiger partial charge on any atom is -0.444 e. The summed E-state index contributed by atoms with van der Waals surface area (Å²) in [6.45, 7) is 14.3. The second kappa shape index (κ2) is 16.0. The molecule has 0 radical (unpaired) electrons. The number of aldehydes is 1. The van der Waals surface area contributed by atoms with Crippen molar-refractivity contribution in [3.05, 3.63) is 35.1 Å². The molecule has 12 nitrogen and oxygen atoms in total. The molecule has 1 aliphatic carbocycles. The number of hydrogen-bond donors (Lipinski definition) is 2. The number of carbonyl (C=O) groups excluding carboxylic acids is 5. The molecule has 3 rings (SSSR count). The molecule has 2 aliphatic rings. The van der Waals surface area contributed by atoms with Gasteiger partial charge in [-0.2, -0.15) is 9.28 Å². The number of imide groups is 1. The van der Waals surface area contributed by atoms with E-state index < -0.39 is 99.9 Å². The molecule has 0 aromatic heterocycles. The zero-order chi connectivity index (χ0) is 38.7. The van der Waals surface area contributed by atoms with Crippen LogP contribution in [0.1, 0.15) is 100.0 Å². The molecule has 1 saturated heterocycles. The number of carbonyl (C=O) groups is 5. The van der Waals surface area contributed by atoms with Crippen LogP contribution in [0.4, 0.5) is 22.8 Å². The van der Waals surface area contributed by atoms with E-state index in [1.807, 2.05) is 0 Å². The smallest absolute Gasteiger partial charge is 0.444 e. The first-order chi connectivity index (χ1) is 23.5. The van der Waals surface area contributed by atoms with E-state index in [2.05, 4.69) is 5.32 Å². The summed E-state index contributed by atoms with van der Waals surface area (Å²) in [4.78, 5) is 69.9. The SMILES string of the molecule is CCO[C@](C=O)(CC1CC1)N(C(=O)C[C@@H](Cc1cc(F)c(F)cc1F)NC(=O)OC(C)(C)C)[C@H]1CC(C)[N+](C(=O)OC(C)(C)C)(C(=O)C(C)N)C1. The van der Waals surface area contributed by atoms with Crippen LogP contribution in [0, 0.1) is 23.4 Å². The van der Waals surface area contributed by atoms with Gasteiger partial charge in [-0.15, -0.1) is 0 Å². The Morgan fingerprint density at radius 1 is 1.02 bits per heavy atom. The number of likely N-dealkylation sites (tertiary alicyclic amines) is 1. The van der Waals surface area contributed by atoms with Crippen LogP contribution >= 0.6 is 0 Å². The lowest BCUT2D eigenvalue weighted by Gasteiger charge is -2.43. The Morgan fingerprint density at radius 3 is 2.12 bits per heavy atom. The number of rotatable bonds is 13.